The second kappa shape index (κ2) is 14.1. The van der Waals surface area contributed by atoms with Crippen molar-refractivity contribution in [3.63, 3.8) is 0 Å². The van der Waals surface area contributed by atoms with Gasteiger partial charge in [-0.2, -0.15) is 28.4 Å². The molecule has 7 rings (SSSR count). The van der Waals surface area contributed by atoms with Gasteiger partial charge in [-0.15, -0.1) is 5.10 Å². The van der Waals surface area contributed by atoms with E-state index in [9.17, 15) is 37.3 Å². The number of ether oxygens (including phenoxy) is 1. The summed E-state index contributed by atoms with van der Waals surface area (Å²) in [4.78, 5) is 7.69. The Morgan fingerprint density at radius 1 is 0.873 bits per heavy atom. The van der Waals surface area contributed by atoms with E-state index in [1.165, 1.54) is 0 Å². The highest BCUT2D eigenvalue weighted by Gasteiger charge is 2.66. The van der Waals surface area contributed by atoms with Crippen LogP contribution in [-0.4, -0.2) is 73.4 Å². The van der Waals surface area contributed by atoms with Crippen molar-refractivity contribution in [2.45, 2.75) is 36.3 Å². The number of aromatic nitrogens is 8. The fourth-order valence-electron chi connectivity index (χ4n) is 6.21. The lowest BCUT2D eigenvalue weighted by Crippen LogP contribution is -2.68. The van der Waals surface area contributed by atoms with Crippen molar-refractivity contribution in [3.05, 3.63) is 116 Å². The molecule has 1 fully saturated rings. The van der Waals surface area contributed by atoms with E-state index in [0.717, 1.165) is 59.8 Å². The van der Waals surface area contributed by atoms with Gasteiger partial charge in [-0.25, -0.2) is 36.6 Å². The Hall–Kier alpha value is -4.15. The van der Waals surface area contributed by atoms with Crippen molar-refractivity contribution >= 4 is 50.7 Å². The Labute approximate surface area is 326 Å². The first-order valence-electron chi connectivity index (χ1n) is 15.3. The Kier molecular flexibility index (Phi) is 10.0. The summed E-state index contributed by atoms with van der Waals surface area (Å²) < 4.78 is 111. The molecule has 3 N–H and O–H groups in total. The first kappa shape index (κ1) is 39.1. The molecule has 4 atom stereocenters. The lowest BCUT2D eigenvalue weighted by atomic mass is 9.86. The molecule has 1 aliphatic heterocycles. The van der Waals surface area contributed by atoms with Crippen molar-refractivity contribution in [1.29, 1.82) is 0 Å². The average molecular weight is 899 g/mol. The number of hydrogen-bond acceptors (Lipinski definition) is 9. The normalized spacial score (nSPS) is 21.7. The highest BCUT2D eigenvalue weighted by atomic mass is 79.9. The summed E-state index contributed by atoms with van der Waals surface area (Å²) in [6, 6.07) is 5.10. The zero-order valence-corrected chi connectivity index (χ0v) is 30.7. The fraction of sp³-hybridized carbons (Fsp3) is 0.219. The van der Waals surface area contributed by atoms with Gasteiger partial charge >= 0.3 is 6.18 Å². The molecule has 0 amide bonds. The summed E-state index contributed by atoms with van der Waals surface area (Å²) in [6.45, 7) is -0.981. The lowest BCUT2D eigenvalue weighted by molar-refractivity contribution is -0.338. The summed E-state index contributed by atoms with van der Waals surface area (Å²) >= 11 is 20.6. The van der Waals surface area contributed by atoms with Crippen LogP contribution in [0.15, 0.2) is 66.0 Å². The van der Waals surface area contributed by atoms with Crippen LogP contribution in [0.1, 0.15) is 17.9 Å². The standard InChI is InChI=1S/C32H19BrCl3F7N8O4/c33-29-47-28(51(48-29)20-5-15(34)9-44-27(20)32(41,42)43)31(50-11-14(8-46-50)17-2-4-19(36)26(40)24(17)38)30(54,6-21(53)22(12-52)55-31)49-10-13(7-45-49)16-1-3-18(35)25(39)23(16)37/h1-5,7-11,21-22,52-54H,6,12H2/t21-,22-,30-,31?/m0/s1. The lowest BCUT2D eigenvalue weighted by Gasteiger charge is -2.51. The Morgan fingerprint density at radius 3 is 2.00 bits per heavy atom. The van der Waals surface area contributed by atoms with Crippen molar-refractivity contribution in [2.24, 2.45) is 0 Å². The second-order valence-electron chi connectivity index (χ2n) is 12.0. The number of alkyl halides is 3. The van der Waals surface area contributed by atoms with Gasteiger partial charge in [-0.05, 0) is 46.3 Å². The van der Waals surface area contributed by atoms with Crippen molar-refractivity contribution in [1.82, 2.24) is 39.3 Å². The Morgan fingerprint density at radius 2 is 1.44 bits per heavy atom. The average Bonchev–Trinajstić information content (AvgIpc) is 3.91. The Balaban J connectivity index is 1.56. The number of nitrogens with zero attached hydrogens (tertiary/aromatic N) is 8. The maximum Gasteiger partial charge on any atom is 0.435 e. The van der Waals surface area contributed by atoms with Gasteiger partial charge in [0.25, 0.3) is 5.72 Å². The molecular weight excluding hydrogens is 880 g/mol. The van der Waals surface area contributed by atoms with Gasteiger partial charge in [0.1, 0.15) is 6.10 Å². The first-order chi connectivity index (χ1) is 25.9. The molecule has 23 heteroatoms. The maximum atomic E-state index is 15.3. The van der Waals surface area contributed by atoms with Crippen molar-refractivity contribution in [2.75, 3.05) is 6.61 Å². The summed E-state index contributed by atoms with van der Waals surface area (Å²) in [5.74, 6) is -6.45. The van der Waals surface area contributed by atoms with E-state index >= 15 is 8.78 Å². The topological polar surface area (TPSA) is 149 Å². The molecule has 4 aromatic heterocycles. The van der Waals surface area contributed by atoms with Crippen LogP contribution in [0.2, 0.25) is 15.1 Å². The largest absolute Gasteiger partial charge is 0.435 e. The molecule has 12 nitrogen and oxygen atoms in total. The van der Waals surface area contributed by atoms with Crippen LogP contribution in [0.25, 0.3) is 27.9 Å². The molecule has 0 aliphatic carbocycles. The predicted octanol–water partition coefficient (Wildman–Crippen LogP) is 6.88. The maximum absolute atomic E-state index is 15.3. The van der Waals surface area contributed by atoms with Gasteiger partial charge in [0.05, 0.1) is 45.9 Å². The van der Waals surface area contributed by atoms with E-state index < -0.39 is 109 Å². The minimum atomic E-state index is -5.15. The third kappa shape index (κ3) is 6.37. The highest BCUT2D eigenvalue weighted by Crippen LogP contribution is 2.50. The summed E-state index contributed by atoms with van der Waals surface area (Å²) in [5.41, 5.74) is -9.54. The summed E-state index contributed by atoms with van der Waals surface area (Å²) in [7, 11) is 0. The predicted molar refractivity (Wildman–Crippen MR) is 182 cm³/mol. The number of aliphatic hydroxyl groups is 3. The molecule has 0 radical (unpaired) electrons. The molecule has 1 aliphatic rings. The smallest absolute Gasteiger partial charge is 0.394 e. The van der Waals surface area contributed by atoms with Crippen LogP contribution < -0.4 is 0 Å². The van der Waals surface area contributed by atoms with E-state index in [1.54, 1.807) is 0 Å². The van der Waals surface area contributed by atoms with Crippen molar-refractivity contribution in [3.8, 4) is 27.9 Å². The van der Waals surface area contributed by atoms with Crippen LogP contribution in [0.4, 0.5) is 30.7 Å². The van der Waals surface area contributed by atoms with Gasteiger partial charge in [0.15, 0.2) is 34.8 Å². The Bertz CT molecular complexity index is 2470. The number of pyridine rings is 1. The fourth-order valence-corrected chi connectivity index (χ4v) is 6.98. The third-order valence-corrected chi connectivity index (χ3v) is 9.87. The molecule has 0 spiro atoms. The van der Waals surface area contributed by atoms with Crippen LogP contribution in [0, 0.1) is 23.3 Å². The molecule has 6 aromatic rings. The van der Waals surface area contributed by atoms with Gasteiger partial charge in [-0.1, -0.05) is 34.8 Å². The van der Waals surface area contributed by atoms with Crippen LogP contribution in [-0.2, 0) is 22.4 Å². The van der Waals surface area contributed by atoms with Gasteiger partial charge < -0.3 is 20.1 Å². The van der Waals surface area contributed by atoms with Crippen LogP contribution in [0.5, 0.6) is 0 Å². The van der Waals surface area contributed by atoms with Gasteiger partial charge in [0, 0.05) is 47.3 Å². The van der Waals surface area contributed by atoms with Crippen LogP contribution in [0.3, 0.4) is 0 Å². The third-order valence-electron chi connectivity index (χ3n) is 8.74. The zero-order chi connectivity index (χ0) is 39.8. The second-order valence-corrected chi connectivity index (χ2v) is 14.0. The molecule has 288 valence electrons. The molecule has 5 heterocycles. The van der Waals surface area contributed by atoms with Crippen LogP contribution >= 0.6 is 50.7 Å². The number of benzene rings is 2. The number of halogens is 11. The summed E-state index contributed by atoms with van der Waals surface area (Å²) in [6.07, 6.45) is -4.90. The SMILES string of the molecule is OC[C@@H]1OC(c2nc(Br)nn2-c2cc(Cl)cnc2C(F)(F)F)(n2cc(-c3ccc(Cl)c(F)c3F)cn2)[C@](O)(n2cc(-c3ccc(Cl)c(F)c3F)cn2)C[C@@H]1O. The number of hydrogen-bond donors (Lipinski definition) is 3. The minimum absolute atomic E-state index is 0.185. The number of rotatable bonds is 7. The quantitative estimate of drug-likeness (QED) is 0.115. The van der Waals surface area contributed by atoms with Gasteiger partial charge in [-0.3, -0.25) is 0 Å². The summed E-state index contributed by atoms with van der Waals surface area (Å²) in [5, 5.41) is 45.6. The van der Waals surface area contributed by atoms with E-state index in [4.69, 9.17) is 39.5 Å². The molecule has 0 bridgehead atoms. The first-order valence-corrected chi connectivity index (χ1v) is 17.3. The number of aliphatic hydroxyl groups excluding tert-OH is 2. The van der Waals surface area contributed by atoms with E-state index in [-0.39, 0.29) is 16.1 Å². The zero-order valence-electron chi connectivity index (χ0n) is 26.8. The molecule has 1 unspecified atom stereocenters. The highest BCUT2D eigenvalue weighted by molar-refractivity contribution is 9.10. The molecule has 0 saturated carbocycles. The van der Waals surface area contributed by atoms with Gasteiger partial charge in [0.2, 0.25) is 10.5 Å². The van der Waals surface area contributed by atoms with Crippen molar-refractivity contribution < 1.29 is 50.8 Å². The van der Waals surface area contributed by atoms with E-state index in [1.807, 2.05) is 0 Å². The minimum Gasteiger partial charge on any atom is -0.394 e. The molecule has 1 saturated heterocycles. The monoisotopic (exact) mass is 896 g/mol. The van der Waals surface area contributed by atoms with E-state index in [0.29, 0.717) is 15.6 Å². The molecular formula is C32H19BrCl3F7N8O4. The van der Waals surface area contributed by atoms with E-state index in [2.05, 4.69) is 41.2 Å². The molecule has 55 heavy (non-hydrogen) atoms. The molecule has 2 aromatic carbocycles.